The minimum atomic E-state index is 0.463. The van der Waals surface area contributed by atoms with Crippen LogP contribution in [0.2, 0.25) is 0 Å². The lowest BCUT2D eigenvalue weighted by molar-refractivity contribution is 0.158. The number of rotatable bonds is 7. The summed E-state index contributed by atoms with van der Waals surface area (Å²) in [5.41, 5.74) is 6.45. The molecule has 0 aromatic rings. The fourth-order valence-electron chi connectivity index (χ4n) is 2.93. The van der Waals surface area contributed by atoms with Crippen molar-refractivity contribution in [2.75, 3.05) is 26.2 Å². The van der Waals surface area contributed by atoms with E-state index in [4.69, 9.17) is 5.73 Å². The average Bonchev–Trinajstić information content (AvgIpc) is 2.68. The van der Waals surface area contributed by atoms with E-state index in [9.17, 15) is 0 Å². The Morgan fingerprint density at radius 2 is 1.60 bits per heavy atom. The molecule has 0 saturated heterocycles. The molecule has 15 heavy (non-hydrogen) atoms. The Morgan fingerprint density at radius 3 is 2.00 bits per heavy atom. The first-order valence-corrected chi connectivity index (χ1v) is 6.69. The number of nitrogens with two attached hydrogens (primary N) is 1. The summed E-state index contributed by atoms with van der Waals surface area (Å²) >= 11 is 0. The molecule has 0 bridgehead atoms. The summed E-state index contributed by atoms with van der Waals surface area (Å²) in [6.07, 6.45) is 8.02. The molecule has 0 amide bonds. The fraction of sp³-hybridized carbons (Fsp3) is 1.00. The summed E-state index contributed by atoms with van der Waals surface area (Å²) < 4.78 is 0. The zero-order chi connectivity index (χ0) is 11.1. The van der Waals surface area contributed by atoms with Crippen LogP contribution in [0.25, 0.3) is 0 Å². The molecule has 0 aromatic carbocycles. The third kappa shape index (κ3) is 3.76. The molecule has 1 rings (SSSR count). The highest BCUT2D eigenvalue weighted by Gasteiger charge is 2.33. The summed E-state index contributed by atoms with van der Waals surface area (Å²) in [6, 6.07) is 0. The molecule has 0 spiro atoms. The Bertz CT molecular complexity index is 156. The van der Waals surface area contributed by atoms with Crippen molar-refractivity contribution in [1.29, 1.82) is 0 Å². The second-order valence-electron chi connectivity index (χ2n) is 5.19. The van der Waals surface area contributed by atoms with E-state index >= 15 is 0 Å². The highest BCUT2D eigenvalue weighted by molar-refractivity contribution is 4.88. The Morgan fingerprint density at radius 1 is 1.07 bits per heavy atom. The highest BCUT2D eigenvalue weighted by atomic mass is 15.1. The van der Waals surface area contributed by atoms with Crippen LogP contribution in [0.4, 0.5) is 0 Å². The van der Waals surface area contributed by atoms with Crippen LogP contribution in [-0.2, 0) is 0 Å². The van der Waals surface area contributed by atoms with Gasteiger partial charge in [0.1, 0.15) is 0 Å². The highest BCUT2D eigenvalue weighted by Crippen LogP contribution is 2.37. The van der Waals surface area contributed by atoms with Gasteiger partial charge in [0.15, 0.2) is 0 Å². The van der Waals surface area contributed by atoms with E-state index in [0.29, 0.717) is 5.41 Å². The molecule has 2 N–H and O–H groups in total. The van der Waals surface area contributed by atoms with Crippen molar-refractivity contribution in [2.45, 2.75) is 52.4 Å². The first-order chi connectivity index (χ1) is 7.26. The predicted molar refractivity (Wildman–Crippen MR) is 67.0 cm³/mol. The zero-order valence-corrected chi connectivity index (χ0v) is 10.6. The van der Waals surface area contributed by atoms with E-state index in [-0.39, 0.29) is 0 Å². The van der Waals surface area contributed by atoms with E-state index in [0.717, 1.165) is 6.54 Å². The first-order valence-electron chi connectivity index (χ1n) is 6.69. The van der Waals surface area contributed by atoms with Crippen molar-refractivity contribution in [1.82, 2.24) is 4.90 Å². The Hall–Kier alpha value is -0.0800. The van der Waals surface area contributed by atoms with Gasteiger partial charge in [0.25, 0.3) is 0 Å². The van der Waals surface area contributed by atoms with Gasteiger partial charge in [-0.2, -0.15) is 0 Å². The van der Waals surface area contributed by atoms with Crippen LogP contribution >= 0.6 is 0 Å². The van der Waals surface area contributed by atoms with Gasteiger partial charge in [0.05, 0.1) is 0 Å². The second-order valence-corrected chi connectivity index (χ2v) is 5.19. The van der Waals surface area contributed by atoms with E-state index in [1.54, 1.807) is 0 Å². The summed E-state index contributed by atoms with van der Waals surface area (Å²) in [4.78, 5) is 2.62. The first kappa shape index (κ1) is 13.0. The third-order valence-electron chi connectivity index (χ3n) is 3.74. The lowest BCUT2D eigenvalue weighted by atomic mass is 9.85. The molecule has 0 heterocycles. The van der Waals surface area contributed by atoms with Crippen LogP contribution in [0, 0.1) is 5.41 Å². The van der Waals surface area contributed by atoms with Crippen LogP contribution < -0.4 is 5.73 Å². The van der Waals surface area contributed by atoms with Crippen molar-refractivity contribution in [3.63, 3.8) is 0 Å². The predicted octanol–water partition coefficient (Wildman–Crippen LogP) is 2.63. The molecule has 0 aliphatic heterocycles. The van der Waals surface area contributed by atoms with Crippen molar-refractivity contribution >= 4 is 0 Å². The molecule has 0 aromatic heterocycles. The Labute approximate surface area is 95.2 Å². The zero-order valence-electron chi connectivity index (χ0n) is 10.6. The normalized spacial score (nSPS) is 20.0. The standard InChI is InChI=1S/C13H28N2/c1-3-9-15(10-4-2)12-13(11-14)7-5-6-8-13/h3-12,14H2,1-2H3. The van der Waals surface area contributed by atoms with E-state index < -0.39 is 0 Å². The molecule has 0 radical (unpaired) electrons. The number of hydrogen-bond acceptors (Lipinski definition) is 2. The van der Waals surface area contributed by atoms with Gasteiger partial charge in [-0.15, -0.1) is 0 Å². The van der Waals surface area contributed by atoms with Crippen LogP contribution in [0.5, 0.6) is 0 Å². The maximum absolute atomic E-state index is 5.98. The van der Waals surface area contributed by atoms with Gasteiger partial charge in [0.2, 0.25) is 0 Å². The number of nitrogens with zero attached hydrogens (tertiary/aromatic N) is 1. The van der Waals surface area contributed by atoms with Gasteiger partial charge in [0, 0.05) is 6.54 Å². The van der Waals surface area contributed by atoms with Crippen LogP contribution in [0.1, 0.15) is 52.4 Å². The molecule has 1 aliphatic rings. The van der Waals surface area contributed by atoms with E-state index in [2.05, 4.69) is 18.7 Å². The van der Waals surface area contributed by atoms with Crippen LogP contribution in [0.15, 0.2) is 0 Å². The molecule has 0 unspecified atom stereocenters. The number of hydrogen-bond donors (Lipinski definition) is 1. The second kappa shape index (κ2) is 6.49. The van der Waals surface area contributed by atoms with Crippen molar-refractivity contribution in [2.24, 2.45) is 11.1 Å². The van der Waals surface area contributed by atoms with Gasteiger partial charge in [-0.1, -0.05) is 26.7 Å². The minimum Gasteiger partial charge on any atom is -0.330 e. The van der Waals surface area contributed by atoms with E-state index in [1.807, 2.05) is 0 Å². The minimum absolute atomic E-state index is 0.463. The molecule has 2 nitrogen and oxygen atoms in total. The molecule has 1 fully saturated rings. The molecule has 90 valence electrons. The molecule has 0 atom stereocenters. The van der Waals surface area contributed by atoms with Crippen LogP contribution in [0.3, 0.4) is 0 Å². The topological polar surface area (TPSA) is 29.3 Å². The van der Waals surface area contributed by atoms with E-state index in [1.165, 1.54) is 58.2 Å². The fourth-order valence-corrected chi connectivity index (χ4v) is 2.93. The monoisotopic (exact) mass is 212 g/mol. The maximum atomic E-state index is 5.98. The Kier molecular flexibility index (Phi) is 5.62. The van der Waals surface area contributed by atoms with Crippen molar-refractivity contribution < 1.29 is 0 Å². The summed E-state index contributed by atoms with van der Waals surface area (Å²) in [5.74, 6) is 0. The van der Waals surface area contributed by atoms with Crippen molar-refractivity contribution in [3.8, 4) is 0 Å². The maximum Gasteiger partial charge on any atom is 0.00501 e. The lowest BCUT2D eigenvalue weighted by Gasteiger charge is -2.34. The van der Waals surface area contributed by atoms with Gasteiger partial charge in [-0.25, -0.2) is 0 Å². The molecular weight excluding hydrogens is 184 g/mol. The smallest absolute Gasteiger partial charge is 0.00501 e. The average molecular weight is 212 g/mol. The van der Waals surface area contributed by atoms with Gasteiger partial charge in [-0.3, -0.25) is 0 Å². The van der Waals surface area contributed by atoms with Gasteiger partial charge >= 0.3 is 0 Å². The quantitative estimate of drug-likeness (QED) is 0.703. The SMILES string of the molecule is CCCN(CCC)CC1(CN)CCCC1. The van der Waals surface area contributed by atoms with Gasteiger partial charge in [-0.05, 0) is 50.7 Å². The van der Waals surface area contributed by atoms with Crippen LogP contribution in [-0.4, -0.2) is 31.1 Å². The largest absolute Gasteiger partial charge is 0.330 e. The molecular formula is C13H28N2. The Balaban J connectivity index is 2.46. The third-order valence-corrected chi connectivity index (χ3v) is 3.74. The van der Waals surface area contributed by atoms with Crippen molar-refractivity contribution in [3.05, 3.63) is 0 Å². The summed E-state index contributed by atoms with van der Waals surface area (Å²) in [7, 11) is 0. The summed E-state index contributed by atoms with van der Waals surface area (Å²) in [5, 5.41) is 0. The summed E-state index contributed by atoms with van der Waals surface area (Å²) in [6.45, 7) is 9.16. The molecule has 2 heteroatoms. The molecule has 1 aliphatic carbocycles. The van der Waals surface area contributed by atoms with Gasteiger partial charge < -0.3 is 10.6 Å². The molecule has 1 saturated carbocycles. The lowest BCUT2D eigenvalue weighted by Crippen LogP contribution is -2.41.